The van der Waals surface area contributed by atoms with E-state index in [-0.39, 0.29) is 17.2 Å². The molecule has 0 aliphatic carbocycles. The van der Waals surface area contributed by atoms with Gasteiger partial charge in [0.1, 0.15) is 10.1 Å². The van der Waals surface area contributed by atoms with Crippen LogP contribution in [0.1, 0.15) is 36.7 Å². The maximum absolute atomic E-state index is 12.7. The zero-order chi connectivity index (χ0) is 19.4. The highest BCUT2D eigenvalue weighted by molar-refractivity contribution is 8.23. The summed E-state index contributed by atoms with van der Waals surface area (Å²) in [4.78, 5) is 26.9. The average molecular weight is 409 g/mol. The SMILES string of the molecule is COc1ccc(-[n+]2[nH]oc(=O)c2C(=O)CSC(=S)N2CCCCC2C)cc1. The number of nitrogens with zero attached hydrogens (tertiary/aromatic N) is 2. The van der Waals surface area contributed by atoms with Crippen molar-refractivity contribution in [1.82, 2.24) is 10.2 Å². The van der Waals surface area contributed by atoms with Crippen molar-refractivity contribution in [2.75, 3.05) is 19.4 Å². The molecule has 2 aromatic rings. The first-order valence-electron chi connectivity index (χ1n) is 8.76. The molecule has 1 aromatic heterocycles. The van der Waals surface area contributed by atoms with E-state index in [4.69, 9.17) is 21.5 Å². The van der Waals surface area contributed by atoms with E-state index in [9.17, 15) is 9.59 Å². The van der Waals surface area contributed by atoms with E-state index in [1.54, 1.807) is 31.4 Å². The second-order valence-electron chi connectivity index (χ2n) is 6.38. The summed E-state index contributed by atoms with van der Waals surface area (Å²) >= 11 is 6.78. The normalized spacial score (nSPS) is 17.0. The number of methoxy groups -OCH3 is 1. The molecule has 0 spiro atoms. The number of hydrogen-bond donors (Lipinski definition) is 1. The molecule has 1 unspecified atom stereocenters. The highest BCUT2D eigenvalue weighted by Gasteiger charge is 2.31. The number of piperidine rings is 1. The highest BCUT2D eigenvalue weighted by Crippen LogP contribution is 2.22. The van der Waals surface area contributed by atoms with Gasteiger partial charge in [-0.15, -0.1) is 0 Å². The Morgan fingerprint density at radius 1 is 1.41 bits per heavy atom. The first kappa shape index (κ1) is 19.6. The van der Waals surface area contributed by atoms with Gasteiger partial charge in [-0.2, -0.15) is 0 Å². The fourth-order valence-corrected chi connectivity index (χ4v) is 4.35. The third-order valence-electron chi connectivity index (χ3n) is 4.61. The van der Waals surface area contributed by atoms with Crippen LogP contribution in [0.4, 0.5) is 0 Å². The lowest BCUT2D eigenvalue weighted by atomic mass is 10.1. The summed E-state index contributed by atoms with van der Waals surface area (Å²) in [6.07, 6.45) is 3.42. The fourth-order valence-electron chi connectivity index (χ4n) is 3.07. The second kappa shape index (κ2) is 8.71. The number of benzene rings is 1. The molecule has 1 fully saturated rings. The van der Waals surface area contributed by atoms with Gasteiger partial charge in [-0.3, -0.25) is 9.32 Å². The van der Waals surface area contributed by atoms with Crippen LogP contribution < -0.4 is 15.0 Å². The van der Waals surface area contributed by atoms with Crippen molar-refractivity contribution in [3.8, 4) is 11.4 Å². The molecule has 2 heterocycles. The number of nitrogens with one attached hydrogen (secondary N) is 1. The number of aromatic amines is 1. The van der Waals surface area contributed by atoms with Crippen molar-refractivity contribution in [2.24, 2.45) is 0 Å². The minimum absolute atomic E-state index is 0.0536. The second-order valence-corrected chi connectivity index (χ2v) is 7.99. The van der Waals surface area contributed by atoms with E-state index in [0.717, 1.165) is 19.4 Å². The van der Waals surface area contributed by atoms with E-state index in [1.807, 2.05) is 0 Å². The molecule has 27 heavy (non-hydrogen) atoms. The molecule has 1 N–H and O–H groups in total. The quantitative estimate of drug-likeness (QED) is 0.462. The molecule has 3 rings (SSSR count). The Kier molecular flexibility index (Phi) is 6.33. The smallest absolute Gasteiger partial charge is 0.438 e. The Hall–Kier alpha value is -2.13. The number of likely N-dealkylation sites (tertiary alicyclic amines) is 1. The lowest BCUT2D eigenvalue weighted by Gasteiger charge is -2.34. The largest absolute Gasteiger partial charge is 0.497 e. The van der Waals surface area contributed by atoms with Crippen LogP contribution in [0.25, 0.3) is 5.69 Å². The van der Waals surface area contributed by atoms with Crippen molar-refractivity contribution in [1.29, 1.82) is 0 Å². The third kappa shape index (κ3) is 4.41. The van der Waals surface area contributed by atoms with Crippen molar-refractivity contribution in [2.45, 2.75) is 32.2 Å². The summed E-state index contributed by atoms with van der Waals surface area (Å²) in [6, 6.07) is 7.32. The van der Waals surface area contributed by atoms with Gasteiger partial charge in [0, 0.05) is 24.7 Å². The van der Waals surface area contributed by atoms with Crippen LogP contribution in [-0.4, -0.2) is 45.7 Å². The molecule has 1 aromatic carbocycles. The summed E-state index contributed by atoms with van der Waals surface area (Å²) in [6.45, 7) is 3.06. The number of aromatic nitrogens is 2. The van der Waals surface area contributed by atoms with Crippen LogP contribution >= 0.6 is 24.0 Å². The van der Waals surface area contributed by atoms with E-state index < -0.39 is 5.63 Å². The Bertz CT molecular complexity index is 875. The molecule has 7 nitrogen and oxygen atoms in total. The van der Waals surface area contributed by atoms with Gasteiger partial charge < -0.3 is 9.64 Å². The summed E-state index contributed by atoms with van der Waals surface area (Å²) < 4.78 is 12.0. The van der Waals surface area contributed by atoms with E-state index in [0.29, 0.717) is 21.8 Å². The summed E-state index contributed by atoms with van der Waals surface area (Å²) in [5.74, 6) is 0.424. The Morgan fingerprint density at radius 2 is 2.15 bits per heavy atom. The molecule has 1 aliphatic rings. The van der Waals surface area contributed by atoms with Gasteiger partial charge in [-0.1, -0.05) is 24.0 Å². The van der Waals surface area contributed by atoms with Crippen LogP contribution in [-0.2, 0) is 0 Å². The maximum Gasteiger partial charge on any atom is 0.438 e. The van der Waals surface area contributed by atoms with Crippen molar-refractivity contribution < 1.29 is 18.7 Å². The Labute approximate surface area is 166 Å². The number of ether oxygens (including phenoxy) is 1. The van der Waals surface area contributed by atoms with Gasteiger partial charge >= 0.3 is 11.3 Å². The number of Topliss-reactive ketones (excluding diaryl/α,β-unsaturated/α-hetero) is 1. The molecular weight excluding hydrogens is 386 g/mol. The van der Waals surface area contributed by atoms with Crippen molar-refractivity contribution >= 4 is 34.1 Å². The van der Waals surface area contributed by atoms with E-state index >= 15 is 0 Å². The van der Waals surface area contributed by atoms with Crippen LogP contribution in [0.5, 0.6) is 5.75 Å². The van der Waals surface area contributed by atoms with Crippen molar-refractivity contribution in [3.63, 3.8) is 0 Å². The topological polar surface area (TPSA) is 79.4 Å². The third-order valence-corrected chi connectivity index (χ3v) is 6.08. The van der Waals surface area contributed by atoms with Crippen LogP contribution in [0.3, 0.4) is 0 Å². The van der Waals surface area contributed by atoms with Gasteiger partial charge in [-0.05, 0) is 48.3 Å². The molecule has 1 saturated heterocycles. The number of ketones is 1. The average Bonchev–Trinajstić information content (AvgIpc) is 3.08. The van der Waals surface area contributed by atoms with Gasteiger partial charge in [0.15, 0.2) is 0 Å². The van der Waals surface area contributed by atoms with Gasteiger partial charge in [0.25, 0.3) is 0 Å². The standard InChI is InChI=1S/C18H21N3O4S2/c1-12-5-3-4-10-20(12)18(26)27-11-15(22)16-17(23)25-19-21(16)13-6-8-14(24-2)9-7-13/h6-9,12H,3-5,10-11H2,1-2H3/p+1. The summed E-state index contributed by atoms with van der Waals surface area (Å²) in [5.41, 5.74) is -0.155. The van der Waals surface area contributed by atoms with E-state index in [2.05, 4.69) is 17.1 Å². The van der Waals surface area contributed by atoms with Crippen molar-refractivity contribution in [3.05, 3.63) is 40.4 Å². The van der Waals surface area contributed by atoms with Gasteiger partial charge in [0.2, 0.25) is 11.5 Å². The number of H-pyrrole nitrogens is 1. The predicted molar refractivity (Wildman–Crippen MR) is 107 cm³/mol. The number of carbonyl (C=O) groups is 1. The number of thiocarbonyl (C=S) groups is 1. The highest BCUT2D eigenvalue weighted by atomic mass is 32.2. The molecule has 0 saturated carbocycles. The minimum Gasteiger partial charge on any atom is -0.497 e. The monoisotopic (exact) mass is 408 g/mol. The van der Waals surface area contributed by atoms with E-state index in [1.165, 1.54) is 22.9 Å². The molecule has 144 valence electrons. The fraction of sp³-hybridized carbons (Fsp3) is 0.444. The summed E-state index contributed by atoms with van der Waals surface area (Å²) in [7, 11) is 1.57. The van der Waals surface area contributed by atoms with Crippen LogP contribution in [0.15, 0.2) is 33.6 Å². The zero-order valence-corrected chi connectivity index (χ0v) is 16.9. The zero-order valence-electron chi connectivity index (χ0n) is 15.3. The molecule has 9 heteroatoms. The molecule has 1 aliphatic heterocycles. The summed E-state index contributed by atoms with van der Waals surface area (Å²) in [5, 5.41) is 2.48. The Balaban J connectivity index is 1.72. The molecule has 0 amide bonds. The predicted octanol–water partition coefficient (Wildman–Crippen LogP) is 2.33. The Morgan fingerprint density at radius 3 is 2.81 bits per heavy atom. The van der Waals surface area contributed by atoms with Gasteiger partial charge in [0.05, 0.1) is 12.9 Å². The number of hydrogen-bond acceptors (Lipinski definition) is 6. The molecule has 0 bridgehead atoms. The number of rotatable bonds is 5. The van der Waals surface area contributed by atoms with Crippen LogP contribution in [0.2, 0.25) is 0 Å². The maximum atomic E-state index is 12.7. The molecule has 1 atom stereocenters. The lowest BCUT2D eigenvalue weighted by molar-refractivity contribution is -0.672. The minimum atomic E-state index is -0.700. The lowest BCUT2D eigenvalue weighted by Crippen LogP contribution is -2.42. The first-order valence-corrected chi connectivity index (χ1v) is 10.1. The van der Waals surface area contributed by atoms with Gasteiger partial charge in [-0.25, -0.2) is 4.79 Å². The molecular formula is C18H22N3O4S2+. The van der Waals surface area contributed by atoms with Crippen LogP contribution in [0, 0.1) is 0 Å². The number of thioether (sulfide) groups is 1. The molecule has 0 radical (unpaired) electrons. The number of carbonyl (C=O) groups excluding carboxylic acids is 1. The first-order chi connectivity index (χ1) is 13.0.